The van der Waals surface area contributed by atoms with E-state index in [9.17, 15) is 4.79 Å². The second-order valence-corrected chi connectivity index (χ2v) is 13.0. The molecule has 0 amide bonds. The van der Waals surface area contributed by atoms with Gasteiger partial charge < -0.3 is 4.74 Å². The number of carbonyl (C=O) groups excluding carboxylic acids is 1. The maximum absolute atomic E-state index is 11.9. The monoisotopic (exact) mass is 442 g/mol. The molecule has 0 heterocycles. The van der Waals surface area contributed by atoms with Crippen LogP contribution in [0.25, 0.3) is 0 Å². The molecule has 182 valence electrons. The maximum Gasteiger partial charge on any atom is 0.305 e. The van der Waals surface area contributed by atoms with E-state index in [1.165, 1.54) is 57.8 Å². The third-order valence-electron chi connectivity index (χ3n) is 10.8. The number of rotatable bonds is 7. The van der Waals surface area contributed by atoms with E-state index in [1.54, 1.807) is 5.57 Å². The van der Waals surface area contributed by atoms with E-state index < -0.39 is 0 Å². The zero-order valence-corrected chi connectivity index (χ0v) is 21.9. The summed E-state index contributed by atoms with van der Waals surface area (Å²) in [6.07, 6.45) is 17.8. The SMILES string of the molecule is CCC(=O)O[C@H]1CC[C@@]2(C)C(=CCC3C4CCC([C@H](C)CCCC(C)C)[C@@]4(C)CCC32)C1. The van der Waals surface area contributed by atoms with Crippen LogP contribution in [0.4, 0.5) is 0 Å². The summed E-state index contributed by atoms with van der Waals surface area (Å²) in [6.45, 7) is 14.5. The first-order valence-electron chi connectivity index (χ1n) is 14.1. The van der Waals surface area contributed by atoms with Gasteiger partial charge in [0.25, 0.3) is 0 Å². The fraction of sp³-hybridized carbons (Fsp3) is 0.900. The van der Waals surface area contributed by atoms with Gasteiger partial charge in [-0.05, 0) is 91.3 Å². The fourth-order valence-electron chi connectivity index (χ4n) is 9.02. The first-order chi connectivity index (χ1) is 15.2. The molecular weight excluding hydrogens is 392 g/mol. The normalized spacial score (nSPS) is 42.0. The number of carbonyl (C=O) groups is 1. The molecule has 4 aliphatic rings. The van der Waals surface area contributed by atoms with Crippen LogP contribution in [-0.4, -0.2) is 12.1 Å². The standard InChI is InChI=1S/C30H50O2/c1-7-28(31)32-23-15-17-29(5)22(19-23)11-12-24-26-14-13-25(21(4)10-8-9-20(2)3)30(26,6)18-16-27(24)29/h11,20-21,23-27H,7-10,12-19H2,1-6H3/t21-,23+,24?,25?,26?,27?,29+,30-/m1/s1. The Hall–Kier alpha value is -0.790. The van der Waals surface area contributed by atoms with E-state index >= 15 is 0 Å². The lowest BCUT2D eigenvalue weighted by Gasteiger charge is -2.58. The van der Waals surface area contributed by atoms with E-state index in [-0.39, 0.29) is 12.1 Å². The van der Waals surface area contributed by atoms with Crippen LogP contribution in [0.1, 0.15) is 119 Å². The summed E-state index contributed by atoms with van der Waals surface area (Å²) < 4.78 is 5.76. The number of allylic oxidation sites excluding steroid dienone is 1. The molecule has 0 spiro atoms. The lowest BCUT2D eigenvalue weighted by Crippen LogP contribution is -2.51. The summed E-state index contributed by atoms with van der Waals surface area (Å²) in [6, 6.07) is 0. The highest BCUT2D eigenvalue weighted by molar-refractivity contribution is 5.69. The van der Waals surface area contributed by atoms with Crippen molar-refractivity contribution < 1.29 is 9.53 Å². The predicted molar refractivity (Wildman–Crippen MR) is 133 cm³/mol. The van der Waals surface area contributed by atoms with Crippen LogP contribution in [0.5, 0.6) is 0 Å². The minimum absolute atomic E-state index is 0.0270. The number of hydrogen-bond donors (Lipinski definition) is 0. The molecule has 0 radical (unpaired) electrons. The lowest BCUT2D eigenvalue weighted by molar-refractivity contribution is -0.151. The summed E-state index contributed by atoms with van der Waals surface area (Å²) in [7, 11) is 0. The van der Waals surface area contributed by atoms with Crippen molar-refractivity contribution in [3.63, 3.8) is 0 Å². The molecule has 8 atom stereocenters. The van der Waals surface area contributed by atoms with Crippen LogP contribution < -0.4 is 0 Å². The van der Waals surface area contributed by atoms with Crippen LogP contribution in [-0.2, 0) is 9.53 Å². The van der Waals surface area contributed by atoms with Crippen LogP contribution in [0.15, 0.2) is 11.6 Å². The molecule has 0 aromatic heterocycles. The van der Waals surface area contributed by atoms with Gasteiger partial charge in [-0.3, -0.25) is 4.79 Å². The van der Waals surface area contributed by atoms with E-state index in [2.05, 4.69) is 40.7 Å². The van der Waals surface area contributed by atoms with E-state index in [0.29, 0.717) is 17.3 Å². The molecule has 3 saturated carbocycles. The van der Waals surface area contributed by atoms with Crippen molar-refractivity contribution in [2.24, 2.45) is 46.3 Å². The van der Waals surface area contributed by atoms with E-state index in [0.717, 1.165) is 48.3 Å². The molecule has 0 aromatic carbocycles. The molecule has 4 aliphatic carbocycles. The zero-order chi connectivity index (χ0) is 23.1. The molecule has 4 unspecified atom stereocenters. The Bertz CT molecular complexity index is 708. The third kappa shape index (κ3) is 4.34. The highest BCUT2D eigenvalue weighted by Crippen LogP contribution is 2.67. The minimum Gasteiger partial charge on any atom is -0.462 e. The molecule has 0 N–H and O–H groups in total. The molecule has 0 saturated heterocycles. The number of hydrogen-bond acceptors (Lipinski definition) is 2. The Morgan fingerprint density at radius 3 is 2.56 bits per heavy atom. The third-order valence-corrected chi connectivity index (χ3v) is 10.8. The average Bonchev–Trinajstić information content (AvgIpc) is 3.11. The summed E-state index contributed by atoms with van der Waals surface area (Å²) >= 11 is 0. The van der Waals surface area contributed by atoms with Crippen LogP contribution in [0.3, 0.4) is 0 Å². The number of fused-ring (bicyclic) bond motifs is 5. The quantitative estimate of drug-likeness (QED) is 0.292. The van der Waals surface area contributed by atoms with Gasteiger partial charge in [-0.2, -0.15) is 0 Å². The Balaban J connectivity index is 1.45. The van der Waals surface area contributed by atoms with Crippen molar-refractivity contribution in [1.82, 2.24) is 0 Å². The lowest BCUT2D eigenvalue weighted by atomic mass is 9.47. The van der Waals surface area contributed by atoms with Gasteiger partial charge in [-0.25, -0.2) is 0 Å². The second-order valence-electron chi connectivity index (χ2n) is 13.0. The molecule has 0 aromatic rings. The van der Waals surface area contributed by atoms with E-state index in [4.69, 9.17) is 4.74 Å². The van der Waals surface area contributed by atoms with Crippen molar-refractivity contribution in [2.45, 2.75) is 125 Å². The molecular formula is C30H50O2. The maximum atomic E-state index is 11.9. The summed E-state index contributed by atoms with van der Waals surface area (Å²) in [5.41, 5.74) is 2.54. The Kier molecular flexibility index (Phi) is 7.19. The molecule has 3 fully saturated rings. The van der Waals surface area contributed by atoms with Crippen molar-refractivity contribution in [2.75, 3.05) is 0 Å². The molecule has 0 bridgehead atoms. The molecule has 4 rings (SSSR count). The zero-order valence-electron chi connectivity index (χ0n) is 21.9. The minimum atomic E-state index is -0.0270. The summed E-state index contributed by atoms with van der Waals surface area (Å²) in [5, 5.41) is 0. The summed E-state index contributed by atoms with van der Waals surface area (Å²) in [5.74, 6) is 5.28. The van der Waals surface area contributed by atoms with Crippen molar-refractivity contribution in [3.05, 3.63) is 11.6 Å². The van der Waals surface area contributed by atoms with Gasteiger partial charge in [-0.15, -0.1) is 0 Å². The van der Waals surface area contributed by atoms with Crippen LogP contribution >= 0.6 is 0 Å². The Morgan fingerprint density at radius 2 is 1.84 bits per heavy atom. The number of ether oxygens (including phenoxy) is 1. The fourth-order valence-corrected chi connectivity index (χ4v) is 9.02. The van der Waals surface area contributed by atoms with Gasteiger partial charge in [-0.1, -0.05) is 72.5 Å². The van der Waals surface area contributed by atoms with Gasteiger partial charge in [0.15, 0.2) is 0 Å². The topological polar surface area (TPSA) is 26.3 Å². The highest BCUT2D eigenvalue weighted by Gasteiger charge is 2.59. The molecule has 2 nitrogen and oxygen atoms in total. The largest absolute Gasteiger partial charge is 0.462 e. The van der Waals surface area contributed by atoms with E-state index in [1.807, 2.05) is 6.92 Å². The Morgan fingerprint density at radius 1 is 1.06 bits per heavy atom. The van der Waals surface area contributed by atoms with Gasteiger partial charge in [0.2, 0.25) is 0 Å². The van der Waals surface area contributed by atoms with Crippen molar-refractivity contribution in [1.29, 1.82) is 0 Å². The smallest absolute Gasteiger partial charge is 0.305 e. The molecule has 2 heteroatoms. The first-order valence-corrected chi connectivity index (χ1v) is 14.1. The van der Waals surface area contributed by atoms with Crippen molar-refractivity contribution in [3.8, 4) is 0 Å². The first kappa shape index (κ1) is 24.3. The average molecular weight is 443 g/mol. The highest BCUT2D eigenvalue weighted by atomic mass is 16.5. The van der Waals surface area contributed by atoms with Gasteiger partial charge in [0.05, 0.1) is 0 Å². The van der Waals surface area contributed by atoms with Gasteiger partial charge >= 0.3 is 5.97 Å². The van der Waals surface area contributed by atoms with Crippen molar-refractivity contribution >= 4 is 5.97 Å². The van der Waals surface area contributed by atoms with Gasteiger partial charge in [0.1, 0.15) is 6.10 Å². The molecule has 0 aliphatic heterocycles. The Labute approximate surface area is 198 Å². The molecule has 32 heavy (non-hydrogen) atoms. The van der Waals surface area contributed by atoms with Crippen LogP contribution in [0.2, 0.25) is 0 Å². The van der Waals surface area contributed by atoms with Crippen LogP contribution in [0, 0.1) is 46.3 Å². The van der Waals surface area contributed by atoms with Gasteiger partial charge in [0, 0.05) is 12.8 Å². The number of esters is 1. The summed E-state index contributed by atoms with van der Waals surface area (Å²) in [4.78, 5) is 11.9. The second kappa shape index (κ2) is 9.46. The predicted octanol–water partition coefficient (Wildman–Crippen LogP) is 8.35.